The molecule has 0 aliphatic heterocycles. The van der Waals surface area contributed by atoms with Gasteiger partial charge in [0.15, 0.2) is 0 Å². The first-order valence-electron chi connectivity index (χ1n) is 6.86. The van der Waals surface area contributed by atoms with E-state index in [-0.39, 0.29) is 17.6 Å². The van der Waals surface area contributed by atoms with Gasteiger partial charge >= 0.3 is 0 Å². The fraction of sp³-hybridized carbons (Fsp3) is 0.438. The minimum absolute atomic E-state index is 0.0907. The number of rotatable bonds is 7. The van der Waals surface area contributed by atoms with E-state index in [2.05, 4.69) is 5.32 Å². The van der Waals surface area contributed by atoms with Gasteiger partial charge in [0.1, 0.15) is 11.6 Å². The summed E-state index contributed by atoms with van der Waals surface area (Å²) in [4.78, 5) is 11.5. The third-order valence-corrected chi connectivity index (χ3v) is 3.16. The van der Waals surface area contributed by atoms with Crippen molar-refractivity contribution in [2.45, 2.75) is 26.7 Å². The summed E-state index contributed by atoms with van der Waals surface area (Å²) >= 11 is 0. The Hall–Kier alpha value is -1.75. The van der Waals surface area contributed by atoms with Crippen molar-refractivity contribution in [2.24, 2.45) is 5.41 Å². The third-order valence-electron chi connectivity index (χ3n) is 3.16. The summed E-state index contributed by atoms with van der Waals surface area (Å²) in [6.07, 6.45) is 3.73. The molecule has 1 amide bonds. The van der Waals surface area contributed by atoms with E-state index in [0.29, 0.717) is 6.54 Å². The topological polar surface area (TPSA) is 49.3 Å². The Kier molecular flexibility index (Phi) is 6.49. The fourth-order valence-electron chi connectivity index (χ4n) is 1.75. The highest BCUT2D eigenvalue weighted by Crippen LogP contribution is 2.20. The predicted molar refractivity (Wildman–Crippen MR) is 78.5 cm³/mol. The van der Waals surface area contributed by atoms with Crippen molar-refractivity contribution in [3.63, 3.8) is 0 Å². The summed E-state index contributed by atoms with van der Waals surface area (Å²) in [5.74, 6) is -1.81. The van der Waals surface area contributed by atoms with Gasteiger partial charge in [0, 0.05) is 24.8 Å². The van der Waals surface area contributed by atoms with Crippen LogP contribution >= 0.6 is 0 Å². The molecular formula is C16H21F2NO2. The lowest BCUT2D eigenvalue weighted by Crippen LogP contribution is -2.24. The Morgan fingerprint density at radius 3 is 2.52 bits per heavy atom. The molecule has 0 radical (unpaired) electrons. The average molecular weight is 297 g/mol. The Labute approximate surface area is 123 Å². The number of amides is 1. The molecule has 1 aromatic carbocycles. The summed E-state index contributed by atoms with van der Waals surface area (Å²) < 4.78 is 26.7. The van der Waals surface area contributed by atoms with Gasteiger partial charge in [0.2, 0.25) is 5.91 Å². The maximum atomic E-state index is 13.3. The lowest BCUT2D eigenvalue weighted by atomic mass is 9.89. The average Bonchev–Trinajstić information content (AvgIpc) is 2.43. The molecule has 0 aliphatic carbocycles. The minimum Gasteiger partial charge on any atom is -0.396 e. The maximum Gasteiger partial charge on any atom is 0.244 e. The Balaban J connectivity index is 2.42. The van der Waals surface area contributed by atoms with Crippen LogP contribution in [0.5, 0.6) is 0 Å². The molecule has 5 heteroatoms. The molecular weight excluding hydrogens is 276 g/mol. The van der Waals surface area contributed by atoms with Crippen molar-refractivity contribution in [3.8, 4) is 0 Å². The van der Waals surface area contributed by atoms with Crippen molar-refractivity contribution < 1.29 is 18.7 Å². The molecule has 0 heterocycles. The second-order valence-corrected chi connectivity index (χ2v) is 5.69. The second-order valence-electron chi connectivity index (χ2n) is 5.69. The van der Waals surface area contributed by atoms with E-state index in [1.54, 1.807) is 0 Å². The standard InChI is InChI=1S/C16H21F2NO2/c1-16(2,11-20)9-4-10-19-15(21)8-7-12-13(17)5-3-6-14(12)18/h3,5-8,20H,4,9-11H2,1-2H3,(H,19,21)/b8-7+. The number of aliphatic hydroxyl groups excluding tert-OH is 1. The molecule has 0 aliphatic rings. The zero-order valence-corrected chi connectivity index (χ0v) is 12.3. The van der Waals surface area contributed by atoms with E-state index in [1.165, 1.54) is 6.07 Å². The number of carbonyl (C=O) groups excluding carboxylic acids is 1. The third kappa shape index (κ3) is 6.04. The van der Waals surface area contributed by atoms with Gasteiger partial charge in [-0.15, -0.1) is 0 Å². The Morgan fingerprint density at radius 1 is 1.33 bits per heavy atom. The van der Waals surface area contributed by atoms with E-state index >= 15 is 0 Å². The molecule has 21 heavy (non-hydrogen) atoms. The highest BCUT2D eigenvalue weighted by Gasteiger charge is 2.15. The first-order chi connectivity index (χ1) is 9.85. The largest absolute Gasteiger partial charge is 0.396 e. The maximum absolute atomic E-state index is 13.3. The van der Waals surface area contributed by atoms with Crippen molar-refractivity contribution >= 4 is 12.0 Å². The van der Waals surface area contributed by atoms with Crippen molar-refractivity contribution in [1.82, 2.24) is 5.32 Å². The molecule has 0 unspecified atom stereocenters. The quantitative estimate of drug-likeness (QED) is 0.600. The fourth-order valence-corrected chi connectivity index (χ4v) is 1.75. The number of carbonyl (C=O) groups is 1. The van der Waals surface area contributed by atoms with Crippen LogP contribution in [0.15, 0.2) is 24.3 Å². The van der Waals surface area contributed by atoms with E-state index < -0.39 is 17.5 Å². The van der Waals surface area contributed by atoms with Crippen LogP contribution < -0.4 is 5.32 Å². The summed E-state index contributed by atoms with van der Waals surface area (Å²) in [6, 6.07) is 3.54. The van der Waals surface area contributed by atoms with Crippen LogP contribution in [0.3, 0.4) is 0 Å². The van der Waals surface area contributed by atoms with Gasteiger partial charge in [-0.2, -0.15) is 0 Å². The van der Waals surface area contributed by atoms with Crippen LogP contribution in [0.2, 0.25) is 0 Å². The van der Waals surface area contributed by atoms with Gasteiger partial charge in [-0.25, -0.2) is 8.78 Å². The Bertz CT molecular complexity index is 493. The zero-order chi connectivity index (χ0) is 15.9. The zero-order valence-electron chi connectivity index (χ0n) is 12.3. The van der Waals surface area contributed by atoms with Crippen molar-refractivity contribution in [2.75, 3.05) is 13.2 Å². The minimum atomic E-state index is -0.705. The first kappa shape index (κ1) is 17.3. The van der Waals surface area contributed by atoms with E-state index in [0.717, 1.165) is 37.1 Å². The lowest BCUT2D eigenvalue weighted by molar-refractivity contribution is -0.116. The molecule has 1 aromatic rings. The molecule has 0 saturated heterocycles. The van der Waals surface area contributed by atoms with E-state index in [9.17, 15) is 13.6 Å². The Morgan fingerprint density at radius 2 is 1.95 bits per heavy atom. The van der Waals surface area contributed by atoms with Gasteiger partial charge in [-0.1, -0.05) is 19.9 Å². The van der Waals surface area contributed by atoms with Crippen LogP contribution in [0.25, 0.3) is 6.08 Å². The van der Waals surface area contributed by atoms with Crippen LogP contribution in [-0.2, 0) is 4.79 Å². The van der Waals surface area contributed by atoms with Crippen LogP contribution in [0, 0.1) is 17.0 Å². The summed E-state index contributed by atoms with van der Waals surface area (Å²) in [5, 5.41) is 11.7. The molecule has 0 aromatic heterocycles. The van der Waals surface area contributed by atoms with E-state index in [4.69, 9.17) is 5.11 Å². The smallest absolute Gasteiger partial charge is 0.244 e. The molecule has 3 nitrogen and oxygen atoms in total. The number of hydrogen-bond acceptors (Lipinski definition) is 2. The molecule has 0 fully saturated rings. The van der Waals surface area contributed by atoms with Gasteiger partial charge < -0.3 is 10.4 Å². The summed E-state index contributed by atoms with van der Waals surface area (Å²) in [7, 11) is 0. The number of aliphatic hydroxyl groups is 1. The molecule has 1 rings (SSSR count). The number of hydrogen-bond donors (Lipinski definition) is 2. The SMILES string of the molecule is CC(C)(CO)CCCNC(=O)/C=C/c1c(F)cccc1F. The van der Waals surface area contributed by atoms with Crippen molar-refractivity contribution in [1.29, 1.82) is 0 Å². The monoisotopic (exact) mass is 297 g/mol. The van der Waals surface area contributed by atoms with Crippen LogP contribution in [0.1, 0.15) is 32.3 Å². The summed E-state index contributed by atoms with van der Waals surface area (Å²) in [6.45, 7) is 4.42. The molecule has 0 spiro atoms. The van der Waals surface area contributed by atoms with Gasteiger partial charge in [-0.3, -0.25) is 4.79 Å². The molecule has 0 bridgehead atoms. The highest BCUT2D eigenvalue weighted by atomic mass is 19.1. The predicted octanol–water partition coefficient (Wildman–Crippen LogP) is 2.89. The number of halogens is 2. The van der Waals surface area contributed by atoms with E-state index in [1.807, 2.05) is 13.8 Å². The molecule has 2 N–H and O–H groups in total. The van der Waals surface area contributed by atoms with Gasteiger partial charge in [0.25, 0.3) is 0 Å². The number of benzene rings is 1. The molecule has 0 atom stereocenters. The van der Waals surface area contributed by atoms with Gasteiger partial charge in [0.05, 0.1) is 0 Å². The van der Waals surface area contributed by atoms with Gasteiger partial charge in [-0.05, 0) is 36.5 Å². The normalized spacial score (nSPS) is 11.9. The van der Waals surface area contributed by atoms with Crippen LogP contribution in [0.4, 0.5) is 8.78 Å². The molecule has 116 valence electrons. The lowest BCUT2D eigenvalue weighted by Gasteiger charge is -2.20. The second kappa shape index (κ2) is 7.88. The number of nitrogens with one attached hydrogen (secondary N) is 1. The first-order valence-corrected chi connectivity index (χ1v) is 6.86. The highest BCUT2D eigenvalue weighted by molar-refractivity contribution is 5.91. The molecule has 0 saturated carbocycles. The van der Waals surface area contributed by atoms with Crippen LogP contribution in [-0.4, -0.2) is 24.2 Å². The van der Waals surface area contributed by atoms with Crippen molar-refractivity contribution in [3.05, 3.63) is 41.5 Å². The summed E-state index contributed by atoms with van der Waals surface area (Å²) in [5.41, 5.74) is -0.397.